The summed E-state index contributed by atoms with van der Waals surface area (Å²) in [6.07, 6.45) is 4.14. The molecule has 4 nitrogen and oxygen atoms in total. The average molecular weight is 250 g/mol. The molecule has 0 radical (unpaired) electrons. The Morgan fingerprint density at radius 2 is 2.24 bits per heavy atom. The van der Waals surface area contributed by atoms with E-state index in [1.54, 1.807) is 10.9 Å². The Labute approximate surface area is 104 Å². The molecular formula is C12H12ClN3O. The Bertz CT molecular complexity index is 548. The van der Waals surface area contributed by atoms with Crippen molar-refractivity contribution in [2.45, 2.75) is 25.4 Å². The van der Waals surface area contributed by atoms with Crippen molar-refractivity contribution in [2.24, 2.45) is 0 Å². The summed E-state index contributed by atoms with van der Waals surface area (Å²) >= 11 is 6.17. The maximum absolute atomic E-state index is 8.96. The minimum atomic E-state index is -0.0942. The molecule has 0 atom stereocenters. The fourth-order valence-electron chi connectivity index (χ4n) is 1.88. The Kier molecular flexibility index (Phi) is 2.61. The zero-order valence-electron chi connectivity index (χ0n) is 9.17. The molecule has 5 heteroatoms. The third kappa shape index (κ3) is 2.06. The van der Waals surface area contributed by atoms with E-state index in [2.05, 4.69) is 16.4 Å². The summed E-state index contributed by atoms with van der Waals surface area (Å²) in [6.45, 7) is -0.0942. The van der Waals surface area contributed by atoms with Crippen LogP contribution in [0.25, 0.3) is 5.69 Å². The van der Waals surface area contributed by atoms with E-state index < -0.39 is 0 Å². The van der Waals surface area contributed by atoms with Crippen LogP contribution in [0.15, 0.2) is 24.4 Å². The molecule has 1 saturated carbocycles. The molecule has 1 aliphatic rings. The van der Waals surface area contributed by atoms with Crippen molar-refractivity contribution in [3.63, 3.8) is 0 Å². The summed E-state index contributed by atoms with van der Waals surface area (Å²) in [5.74, 6) is 0.600. The zero-order chi connectivity index (χ0) is 11.8. The van der Waals surface area contributed by atoms with Crippen molar-refractivity contribution < 1.29 is 5.11 Å². The van der Waals surface area contributed by atoms with Gasteiger partial charge in [-0.2, -0.15) is 0 Å². The molecular weight excluding hydrogens is 238 g/mol. The van der Waals surface area contributed by atoms with Crippen molar-refractivity contribution >= 4 is 11.6 Å². The first-order chi connectivity index (χ1) is 8.28. The fourth-order valence-corrected chi connectivity index (χ4v) is 2.15. The largest absolute Gasteiger partial charge is 0.390 e. The molecule has 1 N–H and O–H groups in total. The summed E-state index contributed by atoms with van der Waals surface area (Å²) in [5.41, 5.74) is 2.68. The number of aromatic nitrogens is 3. The van der Waals surface area contributed by atoms with Gasteiger partial charge in [0.2, 0.25) is 0 Å². The molecule has 0 unspecified atom stereocenters. The minimum absolute atomic E-state index is 0.0942. The second-order valence-corrected chi connectivity index (χ2v) is 4.70. The first-order valence-electron chi connectivity index (χ1n) is 5.60. The van der Waals surface area contributed by atoms with Gasteiger partial charge in [-0.15, -0.1) is 5.10 Å². The highest BCUT2D eigenvalue weighted by molar-refractivity contribution is 6.31. The predicted octanol–water partition coefficient (Wildman–Crippen LogP) is 2.29. The third-order valence-electron chi connectivity index (χ3n) is 2.96. The highest BCUT2D eigenvalue weighted by atomic mass is 35.5. The van der Waals surface area contributed by atoms with E-state index in [0.29, 0.717) is 11.6 Å². The topological polar surface area (TPSA) is 50.9 Å². The highest BCUT2D eigenvalue weighted by Gasteiger charge is 2.26. The molecule has 1 heterocycles. The van der Waals surface area contributed by atoms with Gasteiger partial charge in [0.15, 0.2) is 0 Å². The molecule has 0 bridgehead atoms. The van der Waals surface area contributed by atoms with Gasteiger partial charge in [-0.3, -0.25) is 0 Å². The molecule has 3 rings (SSSR count). The molecule has 0 aliphatic heterocycles. The van der Waals surface area contributed by atoms with Crippen molar-refractivity contribution in [2.75, 3.05) is 0 Å². The maximum Gasteiger partial charge on any atom is 0.109 e. The van der Waals surface area contributed by atoms with Crippen LogP contribution in [0.2, 0.25) is 5.02 Å². The SMILES string of the molecule is OCc1cn(-c2ccc(Cl)c(C3CC3)c2)nn1. The number of halogens is 1. The van der Waals surface area contributed by atoms with Crippen LogP contribution < -0.4 is 0 Å². The number of nitrogens with zero attached hydrogens (tertiary/aromatic N) is 3. The van der Waals surface area contributed by atoms with Crippen molar-refractivity contribution in [3.8, 4) is 5.69 Å². The van der Waals surface area contributed by atoms with Gasteiger partial charge in [0.25, 0.3) is 0 Å². The van der Waals surface area contributed by atoms with E-state index in [4.69, 9.17) is 16.7 Å². The summed E-state index contributed by atoms with van der Waals surface area (Å²) in [5, 5.41) is 17.6. The molecule has 1 aliphatic carbocycles. The van der Waals surface area contributed by atoms with Gasteiger partial charge in [0.1, 0.15) is 5.69 Å². The molecule has 17 heavy (non-hydrogen) atoms. The van der Waals surface area contributed by atoms with Crippen LogP contribution in [0.5, 0.6) is 0 Å². The van der Waals surface area contributed by atoms with Crippen LogP contribution in [0.4, 0.5) is 0 Å². The highest BCUT2D eigenvalue weighted by Crippen LogP contribution is 2.43. The van der Waals surface area contributed by atoms with E-state index in [1.807, 2.05) is 12.1 Å². The number of hydrogen-bond donors (Lipinski definition) is 1. The van der Waals surface area contributed by atoms with E-state index in [1.165, 1.54) is 18.4 Å². The van der Waals surface area contributed by atoms with Crippen molar-refractivity contribution in [1.29, 1.82) is 0 Å². The van der Waals surface area contributed by atoms with Crippen molar-refractivity contribution in [1.82, 2.24) is 15.0 Å². The minimum Gasteiger partial charge on any atom is -0.390 e. The lowest BCUT2D eigenvalue weighted by Gasteiger charge is -2.05. The lowest BCUT2D eigenvalue weighted by Crippen LogP contribution is -1.96. The smallest absolute Gasteiger partial charge is 0.109 e. The van der Waals surface area contributed by atoms with Crippen LogP contribution >= 0.6 is 11.6 Å². The lowest BCUT2D eigenvalue weighted by atomic mass is 10.1. The number of aliphatic hydroxyl groups is 1. The van der Waals surface area contributed by atoms with E-state index in [0.717, 1.165) is 10.7 Å². The molecule has 1 aromatic heterocycles. The van der Waals surface area contributed by atoms with Gasteiger partial charge in [-0.05, 0) is 42.5 Å². The maximum atomic E-state index is 8.96. The molecule has 0 spiro atoms. The zero-order valence-corrected chi connectivity index (χ0v) is 9.93. The lowest BCUT2D eigenvalue weighted by molar-refractivity contribution is 0.276. The van der Waals surface area contributed by atoms with Gasteiger partial charge in [0.05, 0.1) is 18.5 Å². The van der Waals surface area contributed by atoms with Gasteiger partial charge >= 0.3 is 0 Å². The average Bonchev–Trinajstić information content (AvgIpc) is 3.07. The van der Waals surface area contributed by atoms with Gasteiger partial charge in [0, 0.05) is 5.02 Å². The van der Waals surface area contributed by atoms with Crippen LogP contribution in [-0.2, 0) is 6.61 Å². The van der Waals surface area contributed by atoms with E-state index >= 15 is 0 Å². The summed E-state index contributed by atoms with van der Waals surface area (Å²) < 4.78 is 1.66. The second kappa shape index (κ2) is 4.13. The van der Waals surface area contributed by atoms with Gasteiger partial charge in [-0.25, -0.2) is 4.68 Å². The molecule has 0 amide bonds. The van der Waals surface area contributed by atoms with Crippen LogP contribution in [0.3, 0.4) is 0 Å². The molecule has 2 aromatic rings. The quantitative estimate of drug-likeness (QED) is 0.908. The Morgan fingerprint density at radius 3 is 2.88 bits per heavy atom. The van der Waals surface area contributed by atoms with E-state index in [-0.39, 0.29) is 6.61 Å². The predicted molar refractivity (Wildman–Crippen MR) is 64.3 cm³/mol. The number of hydrogen-bond acceptors (Lipinski definition) is 3. The first kappa shape index (κ1) is 10.7. The molecule has 1 fully saturated rings. The number of aliphatic hydroxyl groups excluding tert-OH is 1. The first-order valence-corrected chi connectivity index (χ1v) is 5.97. The van der Waals surface area contributed by atoms with Gasteiger partial charge < -0.3 is 5.11 Å². The number of benzene rings is 1. The molecule has 1 aromatic carbocycles. The Balaban J connectivity index is 1.99. The fraction of sp³-hybridized carbons (Fsp3) is 0.333. The standard InChI is InChI=1S/C12H12ClN3O/c13-12-4-3-10(5-11(12)8-1-2-8)16-6-9(7-17)14-15-16/h3-6,8,17H,1-2,7H2. The van der Waals surface area contributed by atoms with Crippen LogP contribution in [0, 0.1) is 0 Å². The summed E-state index contributed by atoms with van der Waals surface area (Å²) in [6, 6.07) is 5.85. The van der Waals surface area contributed by atoms with Crippen LogP contribution in [-0.4, -0.2) is 20.1 Å². The number of rotatable bonds is 3. The van der Waals surface area contributed by atoms with Gasteiger partial charge in [-0.1, -0.05) is 16.8 Å². The third-order valence-corrected chi connectivity index (χ3v) is 3.31. The molecule has 88 valence electrons. The monoisotopic (exact) mass is 249 g/mol. The summed E-state index contributed by atoms with van der Waals surface area (Å²) in [7, 11) is 0. The second-order valence-electron chi connectivity index (χ2n) is 4.29. The normalized spacial score (nSPS) is 15.2. The van der Waals surface area contributed by atoms with E-state index in [9.17, 15) is 0 Å². The van der Waals surface area contributed by atoms with Crippen molar-refractivity contribution in [3.05, 3.63) is 40.7 Å². The summed E-state index contributed by atoms with van der Waals surface area (Å²) in [4.78, 5) is 0. The Hall–Kier alpha value is -1.39. The molecule has 0 saturated heterocycles. The Morgan fingerprint density at radius 1 is 1.41 bits per heavy atom. The van der Waals surface area contributed by atoms with Crippen LogP contribution in [0.1, 0.15) is 30.0 Å².